The van der Waals surface area contributed by atoms with Crippen molar-refractivity contribution in [3.05, 3.63) is 108 Å². The maximum atomic E-state index is 13.5. The van der Waals surface area contributed by atoms with E-state index in [4.69, 9.17) is 0 Å². The summed E-state index contributed by atoms with van der Waals surface area (Å²) in [5.41, 5.74) is 3.46. The second-order valence-electron chi connectivity index (χ2n) is 10.0. The van der Waals surface area contributed by atoms with Crippen LogP contribution in [0.3, 0.4) is 0 Å². The molecule has 0 aromatic heterocycles. The van der Waals surface area contributed by atoms with Crippen LogP contribution in [0.25, 0.3) is 11.1 Å². The van der Waals surface area contributed by atoms with Gasteiger partial charge < -0.3 is 10.2 Å². The molecule has 3 aromatic rings. The lowest BCUT2D eigenvalue weighted by Gasteiger charge is -2.41. The van der Waals surface area contributed by atoms with Crippen molar-refractivity contribution in [3.63, 3.8) is 0 Å². The van der Waals surface area contributed by atoms with E-state index >= 15 is 0 Å². The van der Waals surface area contributed by atoms with E-state index in [-0.39, 0.29) is 29.5 Å². The number of benzene rings is 3. The van der Waals surface area contributed by atoms with E-state index in [1.807, 2.05) is 26.0 Å². The first-order valence-electron chi connectivity index (χ1n) is 12.5. The van der Waals surface area contributed by atoms with Crippen LogP contribution in [0, 0.1) is 17.0 Å². The topological polar surface area (TPSA) is 49.4 Å². The standard InChI is InChI=1S/C31H32F2N2O2/c1-21(2)20-31(30(37)34-22(3)23-8-12-27(32)13-9-23)16-18-35(19-17-31)29(36)26-6-4-24(5-7-26)25-10-14-28(33)15-11-25/h4-15,22H,1,16-20H2,2-3H3,(H,34,37)/t22-/m0/s1. The number of amides is 2. The van der Waals surface area contributed by atoms with Crippen molar-refractivity contribution in [2.75, 3.05) is 13.1 Å². The molecular formula is C31H32F2N2O2. The fraction of sp³-hybridized carbons (Fsp3) is 0.290. The summed E-state index contributed by atoms with van der Waals surface area (Å²) in [6, 6.07) is 19.4. The molecule has 1 fully saturated rings. The van der Waals surface area contributed by atoms with E-state index < -0.39 is 5.41 Å². The minimum absolute atomic E-state index is 0.0666. The Kier molecular flexibility index (Phi) is 7.86. The molecule has 1 N–H and O–H groups in total. The first-order chi connectivity index (χ1) is 17.7. The maximum Gasteiger partial charge on any atom is 0.253 e. The fourth-order valence-electron chi connectivity index (χ4n) is 5.01. The number of likely N-dealkylation sites (tertiary alicyclic amines) is 1. The molecule has 0 saturated carbocycles. The smallest absolute Gasteiger partial charge is 0.253 e. The SMILES string of the molecule is C=C(C)CC1(C(=O)N[C@@H](C)c2ccc(F)cc2)CCN(C(=O)c2ccc(-c3ccc(F)cc3)cc2)CC1. The van der Waals surface area contributed by atoms with Crippen LogP contribution in [-0.2, 0) is 4.79 Å². The zero-order valence-electron chi connectivity index (χ0n) is 21.3. The van der Waals surface area contributed by atoms with E-state index in [2.05, 4.69) is 11.9 Å². The quantitative estimate of drug-likeness (QED) is 0.366. The lowest BCUT2D eigenvalue weighted by atomic mass is 9.73. The van der Waals surface area contributed by atoms with Crippen LogP contribution < -0.4 is 5.32 Å². The zero-order chi connectivity index (χ0) is 26.6. The van der Waals surface area contributed by atoms with Crippen LogP contribution in [0.4, 0.5) is 8.78 Å². The van der Waals surface area contributed by atoms with Crippen molar-refractivity contribution >= 4 is 11.8 Å². The Labute approximate surface area is 217 Å². The molecular weight excluding hydrogens is 470 g/mol. The number of hydrogen-bond donors (Lipinski definition) is 1. The Morgan fingerprint density at radius 3 is 1.89 bits per heavy atom. The summed E-state index contributed by atoms with van der Waals surface area (Å²) in [6.07, 6.45) is 1.60. The molecule has 4 nitrogen and oxygen atoms in total. The third-order valence-corrected chi connectivity index (χ3v) is 7.16. The van der Waals surface area contributed by atoms with Crippen molar-refractivity contribution in [1.82, 2.24) is 10.2 Å². The van der Waals surface area contributed by atoms with Crippen LogP contribution in [0.2, 0.25) is 0 Å². The summed E-state index contributed by atoms with van der Waals surface area (Å²) in [5.74, 6) is -0.747. The van der Waals surface area contributed by atoms with E-state index in [0.29, 0.717) is 37.9 Å². The Morgan fingerprint density at radius 2 is 1.38 bits per heavy atom. The van der Waals surface area contributed by atoms with Crippen LogP contribution >= 0.6 is 0 Å². The first-order valence-corrected chi connectivity index (χ1v) is 12.5. The normalized spacial score (nSPS) is 15.6. The molecule has 1 aliphatic heterocycles. The summed E-state index contributed by atoms with van der Waals surface area (Å²) in [4.78, 5) is 28.5. The average molecular weight is 503 g/mol. The number of carbonyl (C=O) groups is 2. The summed E-state index contributed by atoms with van der Waals surface area (Å²) >= 11 is 0. The van der Waals surface area contributed by atoms with Gasteiger partial charge in [0.25, 0.3) is 5.91 Å². The minimum atomic E-state index is -0.649. The molecule has 1 atom stereocenters. The molecule has 3 aromatic carbocycles. The number of piperidine rings is 1. The molecule has 0 unspecified atom stereocenters. The Bertz CT molecular complexity index is 1260. The van der Waals surface area contributed by atoms with Crippen LogP contribution in [0.1, 0.15) is 55.1 Å². The molecule has 4 rings (SSSR count). The van der Waals surface area contributed by atoms with Gasteiger partial charge in [-0.15, -0.1) is 6.58 Å². The van der Waals surface area contributed by atoms with Gasteiger partial charge in [0, 0.05) is 18.7 Å². The molecule has 1 aliphatic rings. The van der Waals surface area contributed by atoms with Crippen LogP contribution in [0.15, 0.2) is 84.9 Å². The number of nitrogens with one attached hydrogen (secondary N) is 1. The fourth-order valence-corrected chi connectivity index (χ4v) is 5.01. The predicted molar refractivity (Wildman–Crippen MR) is 142 cm³/mol. The number of rotatable bonds is 7. The highest BCUT2D eigenvalue weighted by Gasteiger charge is 2.42. The van der Waals surface area contributed by atoms with Gasteiger partial charge in [-0.05, 0) is 86.2 Å². The molecule has 0 radical (unpaired) electrons. The van der Waals surface area contributed by atoms with E-state index in [9.17, 15) is 18.4 Å². The number of halogens is 2. The average Bonchev–Trinajstić information content (AvgIpc) is 2.89. The monoisotopic (exact) mass is 502 g/mol. The molecule has 0 bridgehead atoms. The Hall–Kier alpha value is -3.80. The number of allylic oxidation sites excluding steroid dienone is 1. The minimum Gasteiger partial charge on any atom is -0.349 e. The van der Waals surface area contributed by atoms with Crippen molar-refractivity contribution in [2.45, 2.75) is 39.2 Å². The Morgan fingerprint density at radius 1 is 0.892 bits per heavy atom. The van der Waals surface area contributed by atoms with Crippen molar-refractivity contribution < 1.29 is 18.4 Å². The summed E-state index contributed by atoms with van der Waals surface area (Å²) < 4.78 is 26.5. The van der Waals surface area contributed by atoms with E-state index in [1.165, 1.54) is 24.3 Å². The van der Waals surface area contributed by atoms with Crippen LogP contribution in [-0.4, -0.2) is 29.8 Å². The highest BCUT2D eigenvalue weighted by molar-refractivity contribution is 5.95. The predicted octanol–water partition coefficient (Wildman–Crippen LogP) is 6.70. The molecule has 1 saturated heterocycles. The molecule has 192 valence electrons. The summed E-state index contributed by atoms with van der Waals surface area (Å²) in [7, 11) is 0. The number of hydrogen-bond acceptors (Lipinski definition) is 2. The van der Waals surface area contributed by atoms with E-state index in [1.54, 1.807) is 41.3 Å². The first kappa shape index (κ1) is 26.3. The highest BCUT2D eigenvalue weighted by Crippen LogP contribution is 2.39. The number of carbonyl (C=O) groups excluding carboxylic acids is 2. The van der Waals surface area contributed by atoms with Gasteiger partial charge in [0.15, 0.2) is 0 Å². The van der Waals surface area contributed by atoms with Crippen molar-refractivity contribution in [2.24, 2.45) is 5.41 Å². The molecule has 0 spiro atoms. The third kappa shape index (κ3) is 6.13. The largest absolute Gasteiger partial charge is 0.349 e. The Balaban J connectivity index is 1.42. The van der Waals surface area contributed by atoms with Gasteiger partial charge in [0.2, 0.25) is 5.91 Å². The van der Waals surface area contributed by atoms with Crippen molar-refractivity contribution in [1.29, 1.82) is 0 Å². The van der Waals surface area contributed by atoms with E-state index in [0.717, 1.165) is 22.3 Å². The third-order valence-electron chi connectivity index (χ3n) is 7.16. The summed E-state index contributed by atoms with van der Waals surface area (Å²) in [5, 5.41) is 3.10. The van der Waals surface area contributed by atoms with Gasteiger partial charge in [-0.1, -0.05) is 42.0 Å². The lowest BCUT2D eigenvalue weighted by molar-refractivity contribution is -0.134. The zero-order valence-corrected chi connectivity index (χ0v) is 21.3. The van der Waals surface area contributed by atoms with Gasteiger partial charge in [0.1, 0.15) is 11.6 Å². The molecule has 1 heterocycles. The van der Waals surface area contributed by atoms with Crippen LogP contribution in [0.5, 0.6) is 0 Å². The number of nitrogens with zero attached hydrogens (tertiary/aromatic N) is 1. The second kappa shape index (κ2) is 11.1. The van der Waals surface area contributed by atoms with Gasteiger partial charge in [-0.25, -0.2) is 8.78 Å². The van der Waals surface area contributed by atoms with Gasteiger partial charge in [-0.3, -0.25) is 9.59 Å². The molecule has 6 heteroatoms. The highest BCUT2D eigenvalue weighted by atomic mass is 19.1. The lowest BCUT2D eigenvalue weighted by Crippen LogP contribution is -2.50. The van der Waals surface area contributed by atoms with Crippen molar-refractivity contribution in [3.8, 4) is 11.1 Å². The van der Waals surface area contributed by atoms with Gasteiger partial charge in [-0.2, -0.15) is 0 Å². The van der Waals surface area contributed by atoms with Gasteiger partial charge >= 0.3 is 0 Å². The molecule has 2 amide bonds. The second-order valence-corrected chi connectivity index (χ2v) is 10.0. The maximum absolute atomic E-state index is 13.5. The summed E-state index contributed by atoms with van der Waals surface area (Å²) in [6.45, 7) is 8.76. The molecule has 0 aliphatic carbocycles. The van der Waals surface area contributed by atoms with Gasteiger partial charge in [0.05, 0.1) is 11.5 Å². The molecule has 37 heavy (non-hydrogen) atoms.